The van der Waals surface area contributed by atoms with Crippen LogP contribution in [-0.2, 0) is 4.74 Å². The molecule has 0 heterocycles. The average molecular weight is 248 g/mol. The van der Waals surface area contributed by atoms with Gasteiger partial charge in [0.2, 0.25) is 0 Å². The Balaban J connectivity index is 2.66. The largest absolute Gasteiger partial charge is 0.493 e. The molecule has 0 atom stereocenters. The first kappa shape index (κ1) is 14.3. The highest BCUT2D eigenvalue weighted by Crippen LogP contribution is 2.22. The van der Waals surface area contributed by atoms with E-state index in [1.807, 2.05) is 13.0 Å². The summed E-state index contributed by atoms with van der Waals surface area (Å²) < 4.78 is 10.4. The number of esters is 1. The van der Waals surface area contributed by atoms with Gasteiger partial charge in [-0.2, -0.15) is 0 Å². The van der Waals surface area contributed by atoms with Crippen LogP contribution in [-0.4, -0.2) is 19.7 Å². The van der Waals surface area contributed by atoms with E-state index in [1.54, 1.807) is 12.1 Å². The van der Waals surface area contributed by atoms with E-state index in [4.69, 9.17) is 9.47 Å². The van der Waals surface area contributed by atoms with Crippen molar-refractivity contribution in [1.82, 2.24) is 0 Å². The third kappa shape index (κ3) is 3.91. The quantitative estimate of drug-likeness (QED) is 0.439. The van der Waals surface area contributed by atoms with Gasteiger partial charge in [-0.15, -0.1) is 0 Å². The van der Waals surface area contributed by atoms with E-state index < -0.39 is 0 Å². The van der Waals surface area contributed by atoms with E-state index in [0.717, 1.165) is 24.2 Å². The van der Waals surface area contributed by atoms with E-state index in [-0.39, 0.29) is 5.97 Å². The van der Waals surface area contributed by atoms with Crippen molar-refractivity contribution in [1.29, 1.82) is 0 Å². The summed E-state index contributed by atoms with van der Waals surface area (Å²) in [6.07, 6.45) is 6.12. The summed E-state index contributed by atoms with van der Waals surface area (Å²) >= 11 is 0. The Morgan fingerprint density at radius 2 is 2.11 bits per heavy atom. The van der Waals surface area contributed by atoms with Gasteiger partial charge in [0.15, 0.2) is 0 Å². The second kappa shape index (κ2) is 7.54. The smallest absolute Gasteiger partial charge is 0.338 e. The number of hydrogen-bond acceptors (Lipinski definition) is 3. The monoisotopic (exact) mass is 248 g/mol. The molecule has 0 bridgehead atoms. The SMILES string of the molecule is CC/C=C\CCOc1cccc(C(=O)OC)c1C. The summed E-state index contributed by atoms with van der Waals surface area (Å²) in [4.78, 5) is 11.5. The van der Waals surface area contributed by atoms with Crippen molar-refractivity contribution in [2.24, 2.45) is 0 Å². The number of carbonyl (C=O) groups excluding carboxylic acids is 1. The van der Waals surface area contributed by atoms with Gasteiger partial charge in [-0.1, -0.05) is 25.1 Å². The topological polar surface area (TPSA) is 35.5 Å². The molecule has 3 heteroatoms. The first-order chi connectivity index (χ1) is 8.70. The number of rotatable bonds is 6. The summed E-state index contributed by atoms with van der Waals surface area (Å²) in [6, 6.07) is 5.41. The van der Waals surface area contributed by atoms with Gasteiger partial charge in [-0.05, 0) is 31.9 Å². The Kier molecular flexibility index (Phi) is 5.98. The van der Waals surface area contributed by atoms with Gasteiger partial charge in [0.25, 0.3) is 0 Å². The Morgan fingerprint density at radius 1 is 1.33 bits per heavy atom. The lowest BCUT2D eigenvalue weighted by Crippen LogP contribution is -2.06. The van der Waals surface area contributed by atoms with Crippen molar-refractivity contribution in [2.45, 2.75) is 26.7 Å². The second-order valence-corrected chi connectivity index (χ2v) is 3.94. The summed E-state index contributed by atoms with van der Waals surface area (Å²) in [5, 5.41) is 0. The average Bonchev–Trinajstić information content (AvgIpc) is 2.39. The van der Waals surface area contributed by atoms with E-state index in [1.165, 1.54) is 7.11 Å². The molecule has 3 nitrogen and oxygen atoms in total. The molecule has 0 aliphatic rings. The van der Waals surface area contributed by atoms with Crippen molar-refractivity contribution in [3.63, 3.8) is 0 Å². The molecular weight excluding hydrogens is 228 g/mol. The highest BCUT2D eigenvalue weighted by Gasteiger charge is 2.12. The first-order valence-electron chi connectivity index (χ1n) is 6.16. The molecule has 98 valence electrons. The van der Waals surface area contributed by atoms with Gasteiger partial charge in [0.05, 0.1) is 19.3 Å². The van der Waals surface area contributed by atoms with Gasteiger partial charge in [0, 0.05) is 5.56 Å². The zero-order chi connectivity index (χ0) is 13.4. The molecule has 0 saturated carbocycles. The lowest BCUT2D eigenvalue weighted by atomic mass is 10.1. The molecule has 1 aromatic rings. The zero-order valence-corrected chi connectivity index (χ0v) is 11.2. The highest BCUT2D eigenvalue weighted by atomic mass is 16.5. The van der Waals surface area contributed by atoms with Crippen LogP contribution in [0.15, 0.2) is 30.4 Å². The maximum absolute atomic E-state index is 11.5. The van der Waals surface area contributed by atoms with Crippen LogP contribution in [0.4, 0.5) is 0 Å². The van der Waals surface area contributed by atoms with Crippen molar-refractivity contribution in [3.8, 4) is 5.75 Å². The van der Waals surface area contributed by atoms with Crippen LogP contribution >= 0.6 is 0 Å². The molecule has 1 aromatic carbocycles. The minimum Gasteiger partial charge on any atom is -0.493 e. The molecule has 0 N–H and O–H groups in total. The molecule has 18 heavy (non-hydrogen) atoms. The summed E-state index contributed by atoms with van der Waals surface area (Å²) in [7, 11) is 1.38. The van der Waals surface area contributed by atoms with Crippen molar-refractivity contribution in [2.75, 3.05) is 13.7 Å². The predicted octanol–water partition coefficient (Wildman–Crippen LogP) is 3.52. The highest BCUT2D eigenvalue weighted by molar-refractivity contribution is 5.91. The Hall–Kier alpha value is -1.77. The zero-order valence-electron chi connectivity index (χ0n) is 11.2. The van der Waals surface area contributed by atoms with E-state index in [9.17, 15) is 4.79 Å². The van der Waals surface area contributed by atoms with Crippen LogP contribution in [0.2, 0.25) is 0 Å². The number of hydrogen-bond donors (Lipinski definition) is 0. The number of carbonyl (C=O) groups is 1. The van der Waals surface area contributed by atoms with Gasteiger partial charge in [-0.25, -0.2) is 4.79 Å². The Morgan fingerprint density at radius 3 is 2.78 bits per heavy atom. The molecule has 0 aliphatic carbocycles. The van der Waals surface area contributed by atoms with E-state index in [2.05, 4.69) is 19.1 Å². The molecule has 1 rings (SSSR count). The standard InChI is InChI=1S/C15H20O3/c1-4-5-6-7-11-18-14-10-8-9-13(12(14)2)15(16)17-3/h5-6,8-10H,4,7,11H2,1-3H3/b6-5-. The van der Waals surface area contributed by atoms with Crippen LogP contribution in [0.3, 0.4) is 0 Å². The molecule has 0 unspecified atom stereocenters. The first-order valence-corrected chi connectivity index (χ1v) is 6.16. The van der Waals surface area contributed by atoms with Crippen LogP contribution < -0.4 is 4.74 Å². The third-order valence-electron chi connectivity index (χ3n) is 2.63. The molecule has 0 spiro atoms. The summed E-state index contributed by atoms with van der Waals surface area (Å²) in [5.74, 6) is 0.409. The van der Waals surface area contributed by atoms with Gasteiger partial charge in [-0.3, -0.25) is 0 Å². The van der Waals surface area contributed by atoms with Crippen LogP contribution in [0.1, 0.15) is 35.7 Å². The molecular formula is C15H20O3. The minimum absolute atomic E-state index is 0.330. The third-order valence-corrected chi connectivity index (χ3v) is 2.63. The maximum atomic E-state index is 11.5. The lowest BCUT2D eigenvalue weighted by Gasteiger charge is -2.10. The normalized spacial score (nSPS) is 10.6. The van der Waals surface area contributed by atoms with Gasteiger partial charge < -0.3 is 9.47 Å². The minimum atomic E-state index is -0.330. The molecule has 0 amide bonds. The van der Waals surface area contributed by atoms with E-state index in [0.29, 0.717) is 12.2 Å². The van der Waals surface area contributed by atoms with Crippen molar-refractivity contribution >= 4 is 5.97 Å². The molecule has 0 saturated heterocycles. The van der Waals surface area contributed by atoms with Crippen molar-refractivity contribution in [3.05, 3.63) is 41.5 Å². The van der Waals surface area contributed by atoms with Crippen molar-refractivity contribution < 1.29 is 14.3 Å². The Bertz CT molecular complexity index is 422. The van der Waals surface area contributed by atoms with Crippen LogP contribution in [0.25, 0.3) is 0 Å². The summed E-state index contributed by atoms with van der Waals surface area (Å²) in [5.41, 5.74) is 1.38. The fourth-order valence-corrected chi connectivity index (χ4v) is 1.62. The predicted molar refractivity (Wildman–Crippen MR) is 72.1 cm³/mol. The Labute approximate surface area is 108 Å². The van der Waals surface area contributed by atoms with Crippen LogP contribution in [0, 0.1) is 6.92 Å². The summed E-state index contributed by atoms with van der Waals surface area (Å²) in [6.45, 7) is 4.58. The molecule has 0 radical (unpaired) electrons. The van der Waals surface area contributed by atoms with E-state index >= 15 is 0 Å². The maximum Gasteiger partial charge on any atom is 0.338 e. The van der Waals surface area contributed by atoms with Gasteiger partial charge in [0.1, 0.15) is 5.75 Å². The fourth-order valence-electron chi connectivity index (χ4n) is 1.62. The number of benzene rings is 1. The molecule has 0 fully saturated rings. The molecule has 0 aromatic heterocycles. The number of methoxy groups -OCH3 is 1. The number of allylic oxidation sites excluding steroid dienone is 1. The van der Waals surface area contributed by atoms with Crippen LogP contribution in [0.5, 0.6) is 5.75 Å². The fraction of sp³-hybridized carbons (Fsp3) is 0.400. The van der Waals surface area contributed by atoms with Gasteiger partial charge >= 0.3 is 5.97 Å². The number of ether oxygens (including phenoxy) is 2. The second-order valence-electron chi connectivity index (χ2n) is 3.94. The lowest BCUT2D eigenvalue weighted by molar-refractivity contribution is 0.0599. The molecule has 0 aliphatic heterocycles.